The average Bonchev–Trinajstić information content (AvgIpc) is 2.32. The quantitative estimate of drug-likeness (QED) is 0.839. The maximum Gasteiger partial charge on any atom is 0.175 e. The van der Waals surface area contributed by atoms with Crippen LogP contribution >= 0.6 is 0 Å². The van der Waals surface area contributed by atoms with E-state index in [9.17, 15) is 8.42 Å². The normalized spacial score (nSPS) is 10.1. The standard InChI is InChI=1S/C14H14O3S.2CH4/c1-11-3-5-12(6-4-11)17-13-7-9-14(10-8-13)18(2,15)16;;/h3-10H,1-2H3;2*1H4. The van der Waals surface area contributed by atoms with Crippen LogP contribution in [0.1, 0.15) is 20.4 Å². The van der Waals surface area contributed by atoms with E-state index >= 15 is 0 Å². The lowest BCUT2D eigenvalue weighted by Crippen LogP contribution is -1.96. The second kappa shape index (κ2) is 7.10. The molecule has 0 spiro atoms. The SMILES string of the molecule is C.C.Cc1ccc(Oc2ccc(S(C)(=O)=O)cc2)cc1. The van der Waals surface area contributed by atoms with Gasteiger partial charge in [0.05, 0.1) is 4.90 Å². The van der Waals surface area contributed by atoms with Crippen molar-refractivity contribution in [3.8, 4) is 11.5 Å². The van der Waals surface area contributed by atoms with Crippen LogP contribution in [0.4, 0.5) is 0 Å². The van der Waals surface area contributed by atoms with Gasteiger partial charge in [0.2, 0.25) is 0 Å². The fourth-order valence-electron chi connectivity index (χ4n) is 1.50. The highest BCUT2D eigenvalue weighted by molar-refractivity contribution is 7.90. The van der Waals surface area contributed by atoms with E-state index in [1.165, 1.54) is 6.26 Å². The van der Waals surface area contributed by atoms with E-state index in [1.807, 2.05) is 31.2 Å². The summed E-state index contributed by atoms with van der Waals surface area (Å²) in [5.74, 6) is 1.35. The molecule has 4 heteroatoms. The van der Waals surface area contributed by atoms with Crippen LogP contribution in [-0.2, 0) is 9.84 Å². The summed E-state index contributed by atoms with van der Waals surface area (Å²) < 4.78 is 28.2. The van der Waals surface area contributed by atoms with Gasteiger partial charge in [-0.15, -0.1) is 0 Å². The van der Waals surface area contributed by atoms with Gasteiger partial charge in [-0.3, -0.25) is 0 Å². The van der Waals surface area contributed by atoms with Gasteiger partial charge in [0, 0.05) is 6.26 Å². The van der Waals surface area contributed by atoms with Gasteiger partial charge < -0.3 is 4.74 Å². The Bertz CT molecular complexity index is 626. The number of aryl methyl sites for hydroxylation is 1. The summed E-state index contributed by atoms with van der Waals surface area (Å²) in [5.41, 5.74) is 1.16. The first kappa shape index (κ1) is 18.2. The fourth-order valence-corrected chi connectivity index (χ4v) is 2.13. The first-order chi connectivity index (χ1) is 8.45. The number of hydrogen-bond acceptors (Lipinski definition) is 3. The first-order valence-electron chi connectivity index (χ1n) is 5.50. The minimum atomic E-state index is -3.15. The van der Waals surface area contributed by atoms with E-state index in [1.54, 1.807) is 24.3 Å². The van der Waals surface area contributed by atoms with Crippen molar-refractivity contribution in [2.45, 2.75) is 26.7 Å². The molecule has 0 saturated heterocycles. The minimum absolute atomic E-state index is 0. The van der Waals surface area contributed by atoms with Gasteiger partial charge in [0.15, 0.2) is 9.84 Å². The second-order valence-corrected chi connectivity index (χ2v) is 6.17. The zero-order valence-corrected chi connectivity index (χ0v) is 11.1. The average molecular weight is 294 g/mol. The van der Waals surface area contributed by atoms with Crippen molar-refractivity contribution in [3.63, 3.8) is 0 Å². The summed E-state index contributed by atoms with van der Waals surface area (Å²) in [6.45, 7) is 2.00. The van der Waals surface area contributed by atoms with Crippen molar-refractivity contribution in [2.24, 2.45) is 0 Å². The molecule has 0 fully saturated rings. The predicted octanol–water partition coefficient (Wildman–Crippen LogP) is 4.46. The molecule has 0 amide bonds. The van der Waals surface area contributed by atoms with Crippen molar-refractivity contribution in [1.29, 1.82) is 0 Å². The van der Waals surface area contributed by atoms with E-state index in [-0.39, 0.29) is 14.9 Å². The van der Waals surface area contributed by atoms with Crippen LogP contribution in [-0.4, -0.2) is 14.7 Å². The molecule has 3 nitrogen and oxygen atoms in total. The highest BCUT2D eigenvalue weighted by Crippen LogP contribution is 2.23. The zero-order valence-electron chi connectivity index (χ0n) is 10.3. The zero-order chi connectivity index (χ0) is 13.2. The van der Waals surface area contributed by atoms with Gasteiger partial charge in [-0.2, -0.15) is 0 Å². The Kier molecular flexibility index (Phi) is 6.46. The summed E-state index contributed by atoms with van der Waals surface area (Å²) in [5, 5.41) is 0. The monoisotopic (exact) mass is 294 g/mol. The van der Waals surface area contributed by atoms with Gasteiger partial charge in [0.25, 0.3) is 0 Å². The lowest BCUT2D eigenvalue weighted by molar-refractivity contribution is 0.482. The molecule has 0 bridgehead atoms. The first-order valence-corrected chi connectivity index (χ1v) is 7.39. The van der Waals surface area contributed by atoms with E-state index in [0.29, 0.717) is 10.6 Å². The van der Waals surface area contributed by atoms with Crippen molar-refractivity contribution >= 4 is 9.84 Å². The smallest absolute Gasteiger partial charge is 0.175 e. The Balaban J connectivity index is 0.00000180. The molecule has 0 aliphatic rings. The molecule has 0 heterocycles. The van der Waals surface area contributed by atoms with E-state index in [4.69, 9.17) is 4.74 Å². The summed E-state index contributed by atoms with van der Waals surface area (Å²) in [6.07, 6.45) is 1.18. The summed E-state index contributed by atoms with van der Waals surface area (Å²) in [7, 11) is -3.15. The summed E-state index contributed by atoms with van der Waals surface area (Å²) >= 11 is 0. The van der Waals surface area contributed by atoms with Crippen molar-refractivity contribution in [2.75, 3.05) is 6.26 Å². The van der Waals surface area contributed by atoms with Gasteiger partial charge >= 0.3 is 0 Å². The molecule has 2 rings (SSSR count). The van der Waals surface area contributed by atoms with Crippen LogP contribution in [0.25, 0.3) is 0 Å². The fraction of sp³-hybridized carbons (Fsp3) is 0.250. The second-order valence-electron chi connectivity index (χ2n) is 4.16. The van der Waals surface area contributed by atoms with Crippen LogP contribution < -0.4 is 4.74 Å². The number of ether oxygens (including phenoxy) is 1. The molecule has 0 N–H and O–H groups in total. The Labute approximate surface area is 122 Å². The van der Waals surface area contributed by atoms with Crippen molar-refractivity contribution < 1.29 is 13.2 Å². The molecule has 0 atom stereocenters. The van der Waals surface area contributed by atoms with Crippen LogP contribution in [0.2, 0.25) is 0 Å². The lowest BCUT2D eigenvalue weighted by Gasteiger charge is -2.06. The summed E-state index contributed by atoms with van der Waals surface area (Å²) in [4.78, 5) is 0.291. The van der Waals surface area contributed by atoms with Crippen LogP contribution in [0, 0.1) is 6.92 Å². The van der Waals surface area contributed by atoms with Gasteiger partial charge in [-0.05, 0) is 43.3 Å². The Hall–Kier alpha value is -1.81. The highest BCUT2D eigenvalue weighted by atomic mass is 32.2. The Morgan fingerprint density at radius 2 is 1.20 bits per heavy atom. The highest BCUT2D eigenvalue weighted by Gasteiger charge is 2.06. The molecule has 20 heavy (non-hydrogen) atoms. The van der Waals surface area contributed by atoms with Crippen molar-refractivity contribution in [1.82, 2.24) is 0 Å². The molecule has 0 saturated carbocycles. The molecular formula is C16H22O3S. The summed E-state index contributed by atoms with van der Waals surface area (Å²) in [6, 6.07) is 14.0. The molecule has 0 aliphatic carbocycles. The third kappa shape index (κ3) is 4.70. The largest absolute Gasteiger partial charge is 0.457 e. The Morgan fingerprint density at radius 3 is 1.60 bits per heavy atom. The maximum absolute atomic E-state index is 11.3. The van der Waals surface area contributed by atoms with Crippen LogP contribution in [0.3, 0.4) is 0 Å². The number of benzene rings is 2. The third-order valence-electron chi connectivity index (χ3n) is 2.51. The molecule has 0 aliphatic heterocycles. The number of sulfone groups is 1. The molecule has 0 aromatic heterocycles. The molecular weight excluding hydrogens is 272 g/mol. The lowest BCUT2D eigenvalue weighted by atomic mass is 10.2. The van der Waals surface area contributed by atoms with E-state index < -0.39 is 9.84 Å². The van der Waals surface area contributed by atoms with Gasteiger partial charge in [-0.1, -0.05) is 32.5 Å². The van der Waals surface area contributed by atoms with Crippen LogP contribution in [0.15, 0.2) is 53.4 Å². The number of hydrogen-bond donors (Lipinski definition) is 0. The topological polar surface area (TPSA) is 43.4 Å². The molecule has 2 aromatic carbocycles. The molecule has 0 radical (unpaired) electrons. The third-order valence-corrected chi connectivity index (χ3v) is 3.64. The van der Waals surface area contributed by atoms with Crippen molar-refractivity contribution in [3.05, 3.63) is 54.1 Å². The van der Waals surface area contributed by atoms with E-state index in [2.05, 4.69) is 0 Å². The molecule has 110 valence electrons. The predicted molar refractivity (Wildman–Crippen MR) is 84.3 cm³/mol. The maximum atomic E-state index is 11.3. The van der Waals surface area contributed by atoms with E-state index in [0.717, 1.165) is 11.3 Å². The minimum Gasteiger partial charge on any atom is -0.457 e. The molecule has 2 aromatic rings. The number of rotatable bonds is 3. The van der Waals surface area contributed by atoms with Crippen LogP contribution in [0.5, 0.6) is 11.5 Å². The van der Waals surface area contributed by atoms with Gasteiger partial charge in [0.1, 0.15) is 11.5 Å². The van der Waals surface area contributed by atoms with Gasteiger partial charge in [-0.25, -0.2) is 8.42 Å². The molecule has 0 unspecified atom stereocenters. The Morgan fingerprint density at radius 1 is 0.800 bits per heavy atom.